The predicted molar refractivity (Wildman–Crippen MR) is 57.0 cm³/mol. The molecule has 0 spiro atoms. The Bertz CT molecular complexity index is 383. The first kappa shape index (κ1) is 8.91. The van der Waals surface area contributed by atoms with Crippen molar-refractivity contribution in [2.24, 2.45) is 0 Å². The smallest absolute Gasteiger partial charge is 0.178 e. The van der Waals surface area contributed by atoms with E-state index < -0.39 is 0 Å². The summed E-state index contributed by atoms with van der Waals surface area (Å²) < 4.78 is 6.29. The van der Waals surface area contributed by atoms with E-state index in [-0.39, 0.29) is 0 Å². The molecule has 0 radical (unpaired) electrons. The molecule has 1 aromatic carbocycles. The van der Waals surface area contributed by atoms with Crippen molar-refractivity contribution in [3.05, 3.63) is 47.1 Å². The highest BCUT2D eigenvalue weighted by molar-refractivity contribution is 9.10. The molecule has 0 aliphatic heterocycles. The van der Waals surface area contributed by atoms with Gasteiger partial charge in [-0.05, 0) is 34.1 Å². The van der Waals surface area contributed by atoms with Crippen molar-refractivity contribution < 1.29 is 4.42 Å². The lowest BCUT2D eigenvalue weighted by Gasteiger charge is -1.96. The topological polar surface area (TPSA) is 13.1 Å². The van der Waals surface area contributed by atoms with Gasteiger partial charge >= 0.3 is 0 Å². The first-order chi connectivity index (χ1) is 6.36. The molecule has 1 aromatic heterocycles. The van der Waals surface area contributed by atoms with Crippen LogP contribution in [0.25, 0.3) is 0 Å². The molecule has 0 amide bonds. The van der Waals surface area contributed by atoms with Crippen LogP contribution in [0.1, 0.15) is 0 Å². The Morgan fingerprint density at radius 2 is 1.85 bits per heavy atom. The van der Waals surface area contributed by atoms with Gasteiger partial charge in [-0.1, -0.05) is 30.0 Å². The molecule has 66 valence electrons. The molecule has 0 aliphatic carbocycles. The van der Waals surface area contributed by atoms with E-state index in [0.29, 0.717) is 0 Å². The predicted octanol–water partition coefficient (Wildman–Crippen LogP) is 4.19. The number of hydrogen-bond acceptors (Lipinski definition) is 2. The van der Waals surface area contributed by atoms with Crippen molar-refractivity contribution >= 4 is 27.7 Å². The third-order valence-corrected chi connectivity index (χ3v) is 3.43. The molecular formula is C10H7BrOS. The number of rotatable bonds is 2. The van der Waals surface area contributed by atoms with Gasteiger partial charge in [0.2, 0.25) is 0 Å². The maximum Gasteiger partial charge on any atom is 0.178 e. The lowest BCUT2D eigenvalue weighted by atomic mass is 10.4. The third kappa shape index (κ3) is 2.17. The minimum absolute atomic E-state index is 0.895. The molecule has 0 unspecified atom stereocenters. The van der Waals surface area contributed by atoms with Crippen molar-refractivity contribution in [2.75, 3.05) is 0 Å². The van der Waals surface area contributed by atoms with Crippen LogP contribution in [0.2, 0.25) is 0 Å². The average molecular weight is 255 g/mol. The van der Waals surface area contributed by atoms with E-state index in [1.165, 1.54) is 4.90 Å². The second-order valence-electron chi connectivity index (χ2n) is 2.47. The summed E-state index contributed by atoms with van der Waals surface area (Å²) >= 11 is 5.02. The Morgan fingerprint density at radius 3 is 2.46 bits per heavy atom. The molecule has 0 atom stereocenters. The maximum atomic E-state index is 5.28. The summed E-state index contributed by atoms with van der Waals surface area (Å²) in [5.74, 6) is 0. The average Bonchev–Trinajstić information content (AvgIpc) is 2.54. The first-order valence-corrected chi connectivity index (χ1v) is 5.43. The van der Waals surface area contributed by atoms with Crippen LogP contribution in [-0.2, 0) is 0 Å². The number of hydrogen-bond donors (Lipinski definition) is 0. The Labute approximate surface area is 89.3 Å². The minimum Gasteiger partial charge on any atom is -0.457 e. The van der Waals surface area contributed by atoms with Gasteiger partial charge in [0.05, 0.1) is 10.7 Å². The third-order valence-electron chi connectivity index (χ3n) is 1.54. The summed E-state index contributed by atoms with van der Waals surface area (Å²) in [7, 11) is 0. The molecule has 0 N–H and O–H groups in total. The molecule has 0 fully saturated rings. The lowest BCUT2D eigenvalue weighted by Crippen LogP contribution is -1.68. The highest BCUT2D eigenvalue weighted by atomic mass is 79.9. The molecule has 1 heterocycles. The van der Waals surface area contributed by atoms with Gasteiger partial charge in [0.1, 0.15) is 0 Å². The summed E-state index contributed by atoms with van der Waals surface area (Å²) in [6, 6.07) is 12.0. The summed E-state index contributed by atoms with van der Waals surface area (Å²) in [4.78, 5) is 1.18. The van der Waals surface area contributed by atoms with Gasteiger partial charge in [-0.3, -0.25) is 0 Å². The number of halogens is 1. The Kier molecular flexibility index (Phi) is 2.76. The summed E-state index contributed by atoms with van der Waals surface area (Å²) in [6.07, 6.45) is 1.68. The quantitative estimate of drug-likeness (QED) is 0.798. The van der Waals surface area contributed by atoms with Gasteiger partial charge in [-0.15, -0.1) is 0 Å². The van der Waals surface area contributed by atoms with Crippen LogP contribution in [-0.4, -0.2) is 0 Å². The van der Waals surface area contributed by atoms with E-state index in [0.717, 1.165) is 9.56 Å². The van der Waals surface area contributed by atoms with Crippen LogP contribution >= 0.6 is 27.7 Å². The van der Waals surface area contributed by atoms with Crippen LogP contribution in [0.15, 0.2) is 61.5 Å². The Morgan fingerprint density at radius 1 is 1.08 bits per heavy atom. The van der Waals surface area contributed by atoms with E-state index in [9.17, 15) is 0 Å². The van der Waals surface area contributed by atoms with Gasteiger partial charge in [-0.25, -0.2) is 0 Å². The number of furan rings is 1. The fourth-order valence-electron chi connectivity index (χ4n) is 0.948. The summed E-state index contributed by atoms with van der Waals surface area (Å²) in [5, 5.41) is 0.895. The van der Waals surface area contributed by atoms with Gasteiger partial charge in [0, 0.05) is 4.90 Å². The van der Waals surface area contributed by atoms with E-state index in [4.69, 9.17) is 4.42 Å². The van der Waals surface area contributed by atoms with E-state index in [1.807, 2.05) is 24.3 Å². The molecular weight excluding hydrogens is 248 g/mol. The molecule has 13 heavy (non-hydrogen) atoms. The molecule has 2 aromatic rings. The molecule has 0 bridgehead atoms. The van der Waals surface area contributed by atoms with Gasteiger partial charge in [0.25, 0.3) is 0 Å². The molecule has 2 rings (SSSR count). The second kappa shape index (κ2) is 4.03. The molecule has 0 aliphatic rings. The van der Waals surface area contributed by atoms with Crippen LogP contribution in [0.5, 0.6) is 0 Å². The normalized spacial score (nSPS) is 10.2. The molecule has 0 saturated heterocycles. The van der Waals surface area contributed by atoms with Crippen LogP contribution < -0.4 is 0 Å². The zero-order chi connectivity index (χ0) is 9.10. The zero-order valence-electron chi connectivity index (χ0n) is 6.74. The molecule has 1 nitrogen and oxygen atoms in total. The highest BCUT2D eigenvalue weighted by Crippen LogP contribution is 2.33. The van der Waals surface area contributed by atoms with Crippen molar-refractivity contribution in [3.8, 4) is 0 Å². The fourth-order valence-corrected chi connectivity index (χ4v) is 2.17. The number of benzene rings is 1. The monoisotopic (exact) mass is 254 g/mol. The highest BCUT2D eigenvalue weighted by Gasteiger charge is 2.04. The minimum atomic E-state index is 0.895. The van der Waals surface area contributed by atoms with E-state index in [1.54, 1.807) is 18.0 Å². The van der Waals surface area contributed by atoms with Crippen LogP contribution in [0.3, 0.4) is 0 Å². The van der Waals surface area contributed by atoms with Gasteiger partial charge in [-0.2, -0.15) is 0 Å². The van der Waals surface area contributed by atoms with Gasteiger partial charge < -0.3 is 4.42 Å². The standard InChI is InChI=1S/C10H7BrOS/c11-9-6-7-12-10(9)13-8-4-2-1-3-5-8/h1-7H. The lowest BCUT2D eigenvalue weighted by molar-refractivity contribution is 0.471. The second-order valence-corrected chi connectivity index (χ2v) is 4.37. The zero-order valence-corrected chi connectivity index (χ0v) is 9.14. The summed E-state index contributed by atoms with van der Waals surface area (Å²) in [5.41, 5.74) is 0. The van der Waals surface area contributed by atoms with Crippen LogP contribution in [0.4, 0.5) is 0 Å². The molecule has 0 saturated carbocycles. The van der Waals surface area contributed by atoms with Crippen molar-refractivity contribution in [2.45, 2.75) is 9.99 Å². The van der Waals surface area contributed by atoms with Crippen molar-refractivity contribution in [1.29, 1.82) is 0 Å². The van der Waals surface area contributed by atoms with Crippen molar-refractivity contribution in [3.63, 3.8) is 0 Å². The van der Waals surface area contributed by atoms with Crippen molar-refractivity contribution in [1.82, 2.24) is 0 Å². The fraction of sp³-hybridized carbons (Fsp3) is 0. The summed E-state index contributed by atoms with van der Waals surface area (Å²) in [6.45, 7) is 0. The van der Waals surface area contributed by atoms with E-state index in [2.05, 4.69) is 28.1 Å². The van der Waals surface area contributed by atoms with E-state index >= 15 is 0 Å². The Hall–Kier alpha value is -0.670. The van der Waals surface area contributed by atoms with Gasteiger partial charge in [0.15, 0.2) is 5.09 Å². The Balaban J connectivity index is 2.20. The maximum absolute atomic E-state index is 5.28. The SMILES string of the molecule is Brc1ccoc1Sc1ccccc1. The molecule has 3 heteroatoms. The van der Waals surface area contributed by atoms with Crippen LogP contribution in [0, 0.1) is 0 Å². The first-order valence-electron chi connectivity index (χ1n) is 3.82. The largest absolute Gasteiger partial charge is 0.457 e.